The number of carbonyl (C=O) groups excluding carboxylic acids is 1. The average Bonchev–Trinajstić information content (AvgIpc) is 3.02. The van der Waals surface area contributed by atoms with Crippen molar-refractivity contribution in [3.05, 3.63) is 71.2 Å². The third-order valence-corrected chi connectivity index (χ3v) is 5.20. The maximum atomic E-state index is 13.7. The molecule has 0 unspecified atom stereocenters. The number of carbonyl (C=O) groups is 1. The van der Waals surface area contributed by atoms with E-state index >= 15 is 0 Å². The van der Waals surface area contributed by atoms with Crippen molar-refractivity contribution in [3.8, 4) is 17.3 Å². The summed E-state index contributed by atoms with van der Waals surface area (Å²) in [6.45, 7) is 9.22. The van der Waals surface area contributed by atoms with E-state index in [0.29, 0.717) is 37.6 Å². The molecule has 3 aromatic rings. The van der Waals surface area contributed by atoms with E-state index in [9.17, 15) is 9.18 Å². The van der Waals surface area contributed by atoms with E-state index in [-0.39, 0.29) is 11.7 Å². The first kappa shape index (κ1) is 21.6. The number of rotatable bonds is 8. The van der Waals surface area contributed by atoms with Crippen molar-refractivity contribution >= 4 is 5.91 Å². The van der Waals surface area contributed by atoms with E-state index in [1.807, 2.05) is 56.9 Å². The second-order valence-corrected chi connectivity index (χ2v) is 7.19. The van der Waals surface area contributed by atoms with Gasteiger partial charge in [0.2, 0.25) is 11.8 Å². The van der Waals surface area contributed by atoms with E-state index in [4.69, 9.17) is 9.84 Å². The van der Waals surface area contributed by atoms with Crippen LogP contribution in [0.3, 0.4) is 0 Å². The average molecular weight is 410 g/mol. The highest BCUT2D eigenvalue weighted by atomic mass is 19.1. The number of halogens is 1. The smallest absolute Gasteiger partial charge is 0.226 e. The molecule has 1 heterocycles. The molecule has 0 fully saturated rings. The number of ether oxygens (including phenoxy) is 1. The molecule has 1 amide bonds. The Bertz CT molecular complexity index is 1030. The standard InChI is InChI=1S/C24H28FN3O2/c1-5-27(6-2)23(29)15-14-21-18(4)26-28(22-13-8-7-10-17(22)3)24(21)30-20-12-9-11-19(25)16-20/h7-13,16H,5-6,14-15H2,1-4H3. The minimum Gasteiger partial charge on any atom is -0.439 e. The Kier molecular flexibility index (Phi) is 6.87. The molecule has 0 saturated heterocycles. The van der Waals surface area contributed by atoms with Gasteiger partial charge in [-0.3, -0.25) is 4.79 Å². The number of hydrogen-bond acceptors (Lipinski definition) is 3. The lowest BCUT2D eigenvalue weighted by atomic mass is 10.1. The summed E-state index contributed by atoms with van der Waals surface area (Å²) < 4.78 is 21.6. The summed E-state index contributed by atoms with van der Waals surface area (Å²) >= 11 is 0. The van der Waals surface area contributed by atoms with E-state index < -0.39 is 0 Å². The molecule has 5 nitrogen and oxygen atoms in total. The monoisotopic (exact) mass is 409 g/mol. The van der Waals surface area contributed by atoms with E-state index in [0.717, 1.165) is 22.5 Å². The summed E-state index contributed by atoms with van der Waals surface area (Å²) in [7, 11) is 0. The van der Waals surface area contributed by atoms with Crippen molar-refractivity contribution in [2.75, 3.05) is 13.1 Å². The van der Waals surface area contributed by atoms with Gasteiger partial charge in [-0.1, -0.05) is 24.3 Å². The van der Waals surface area contributed by atoms with Gasteiger partial charge >= 0.3 is 0 Å². The molecule has 158 valence electrons. The van der Waals surface area contributed by atoms with Crippen LogP contribution in [-0.4, -0.2) is 33.7 Å². The Morgan fingerprint density at radius 2 is 1.83 bits per heavy atom. The van der Waals surface area contributed by atoms with Crippen LogP contribution < -0.4 is 4.74 Å². The summed E-state index contributed by atoms with van der Waals surface area (Å²) in [4.78, 5) is 14.4. The molecule has 0 aliphatic rings. The second kappa shape index (κ2) is 9.57. The molecule has 0 saturated carbocycles. The maximum Gasteiger partial charge on any atom is 0.226 e. The quantitative estimate of drug-likeness (QED) is 0.512. The van der Waals surface area contributed by atoms with Crippen LogP contribution >= 0.6 is 0 Å². The van der Waals surface area contributed by atoms with Gasteiger partial charge in [-0.05, 0) is 57.9 Å². The molecule has 1 aromatic heterocycles. The molecule has 3 rings (SSSR count). The number of para-hydroxylation sites is 1. The zero-order chi connectivity index (χ0) is 21.7. The minimum absolute atomic E-state index is 0.0970. The Balaban J connectivity index is 2.01. The Morgan fingerprint density at radius 1 is 1.10 bits per heavy atom. The van der Waals surface area contributed by atoms with Crippen molar-refractivity contribution in [2.45, 2.75) is 40.5 Å². The molecule has 0 atom stereocenters. The Hall–Kier alpha value is -3.15. The summed E-state index contributed by atoms with van der Waals surface area (Å²) in [6.07, 6.45) is 0.860. The van der Waals surface area contributed by atoms with Crippen molar-refractivity contribution in [1.82, 2.24) is 14.7 Å². The normalized spacial score (nSPS) is 10.8. The molecular formula is C24H28FN3O2. The van der Waals surface area contributed by atoms with Crippen LogP contribution in [0.5, 0.6) is 11.6 Å². The first-order valence-corrected chi connectivity index (χ1v) is 10.3. The first-order chi connectivity index (χ1) is 14.4. The van der Waals surface area contributed by atoms with Gasteiger partial charge in [0.15, 0.2) is 0 Å². The largest absolute Gasteiger partial charge is 0.439 e. The van der Waals surface area contributed by atoms with Crippen molar-refractivity contribution in [1.29, 1.82) is 0 Å². The molecule has 6 heteroatoms. The lowest BCUT2D eigenvalue weighted by Gasteiger charge is -2.18. The fraction of sp³-hybridized carbons (Fsp3) is 0.333. The van der Waals surface area contributed by atoms with E-state index in [2.05, 4.69) is 0 Å². The number of benzene rings is 2. The second-order valence-electron chi connectivity index (χ2n) is 7.19. The molecule has 30 heavy (non-hydrogen) atoms. The number of aromatic nitrogens is 2. The molecule has 0 N–H and O–H groups in total. The molecule has 0 aliphatic carbocycles. The van der Waals surface area contributed by atoms with Crippen LogP contribution in [0, 0.1) is 19.7 Å². The van der Waals surface area contributed by atoms with Crippen LogP contribution in [0.15, 0.2) is 48.5 Å². The number of aryl methyl sites for hydroxylation is 2. The lowest BCUT2D eigenvalue weighted by molar-refractivity contribution is -0.130. The minimum atomic E-state index is -0.371. The van der Waals surface area contributed by atoms with E-state index in [1.165, 1.54) is 12.1 Å². The van der Waals surface area contributed by atoms with Gasteiger partial charge in [-0.15, -0.1) is 0 Å². The van der Waals surface area contributed by atoms with Gasteiger partial charge in [-0.2, -0.15) is 9.78 Å². The van der Waals surface area contributed by atoms with Crippen molar-refractivity contribution in [2.24, 2.45) is 0 Å². The SMILES string of the molecule is CCN(CC)C(=O)CCc1c(C)nn(-c2ccccc2C)c1Oc1cccc(F)c1. The molecule has 0 bridgehead atoms. The lowest BCUT2D eigenvalue weighted by Crippen LogP contribution is -2.30. The van der Waals surface area contributed by atoms with Crippen molar-refractivity contribution in [3.63, 3.8) is 0 Å². The van der Waals surface area contributed by atoms with Gasteiger partial charge in [0, 0.05) is 31.1 Å². The van der Waals surface area contributed by atoms with Crippen LogP contribution in [0.1, 0.15) is 37.1 Å². The topological polar surface area (TPSA) is 47.4 Å². The Morgan fingerprint density at radius 3 is 2.50 bits per heavy atom. The number of nitrogens with zero attached hydrogens (tertiary/aromatic N) is 3. The van der Waals surface area contributed by atoms with Gasteiger partial charge in [0.1, 0.15) is 11.6 Å². The van der Waals surface area contributed by atoms with Gasteiger partial charge in [-0.25, -0.2) is 4.39 Å². The zero-order valence-electron chi connectivity index (χ0n) is 18.0. The summed E-state index contributed by atoms with van der Waals surface area (Å²) in [5.41, 5.74) is 3.56. The molecular weight excluding hydrogens is 381 g/mol. The number of hydrogen-bond donors (Lipinski definition) is 0. The molecule has 0 aliphatic heterocycles. The van der Waals surface area contributed by atoms with Crippen LogP contribution in [0.2, 0.25) is 0 Å². The van der Waals surface area contributed by atoms with E-state index in [1.54, 1.807) is 16.8 Å². The summed E-state index contributed by atoms with van der Waals surface area (Å²) in [5, 5.41) is 4.70. The predicted octanol–water partition coefficient (Wildman–Crippen LogP) is 5.22. The third kappa shape index (κ3) is 4.70. The van der Waals surface area contributed by atoms with Crippen molar-refractivity contribution < 1.29 is 13.9 Å². The highest BCUT2D eigenvalue weighted by Crippen LogP contribution is 2.32. The fourth-order valence-corrected chi connectivity index (χ4v) is 3.50. The van der Waals surface area contributed by atoms with Crippen LogP contribution in [0.4, 0.5) is 4.39 Å². The third-order valence-electron chi connectivity index (χ3n) is 5.20. The van der Waals surface area contributed by atoms with Gasteiger partial charge in [0.25, 0.3) is 0 Å². The zero-order valence-corrected chi connectivity index (χ0v) is 18.0. The molecule has 0 spiro atoms. The van der Waals surface area contributed by atoms with Gasteiger partial charge < -0.3 is 9.64 Å². The molecule has 0 radical (unpaired) electrons. The van der Waals surface area contributed by atoms with Crippen LogP contribution in [-0.2, 0) is 11.2 Å². The van der Waals surface area contributed by atoms with Crippen LogP contribution in [0.25, 0.3) is 5.69 Å². The predicted molar refractivity (Wildman–Crippen MR) is 116 cm³/mol. The maximum absolute atomic E-state index is 13.7. The highest BCUT2D eigenvalue weighted by Gasteiger charge is 2.21. The fourth-order valence-electron chi connectivity index (χ4n) is 3.50. The van der Waals surface area contributed by atoms with Gasteiger partial charge in [0.05, 0.1) is 11.4 Å². The highest BCUT2D eigenvalue weighted by molar-refractivity contribution is 5.76. The summed E-state index contributed by atoms with van der Waals surface area (Å²) in [5.74, 6) is 0.630. The molecule has 2 aromatic carbocycles. The Labute approximate surface area is 177 Å². The number of amides is 1. The summed E-state index contributed by atoms with van der Waals surface area (Å²) in [6, 6.07) is 13.9. The first-order valence-electron chi connectivity index (χ1n) is 10.3.